The van der Waals surface area contributed by atoms with Crippen molar-refractivity contribution in [2.75, 3.05) is 38.6 Å². The number of ether oxygens (including phenoxy) is 2. The van der Waals surface area contributed by atoms with Crippen molar-refractivity contribution in [3.05, 3.63) is 24.2 Å². The second kappa shape index (κ2) is 7.06. The molecular formula is C16H24N6O4. The second-order valence-electron chi connectivity index (χ2n) is 6.74. The van der Waals surface area contributed by atoms with Crippen LogP contribution < -0.4 is 11.5 Å². The van der Waals surface area contributed by atoms with E-state index in [1.165, 1.54) is 6.33 Å². The molecule has 0 bridgehead atoms. The summed E-state index contributed by atoms with van der Waals surface area (Å²) in [5.74, 6) is 0.343. The van der Waals surface area contributed by atoms with Crippen LogP contribution in [0.1, 0.15) is 11.8 Å². The van der Waals surface area contributed by atoms with Gasteiger partial charge in [0.15, 0.2) is 5.82 Å². The van der Waals surface area contributed by atoms with Crippen LogP contribution in [-0.4, -0.2) is 86.9 Å². The van der Waals surface area contributed by atoms with Crippen LogP contribution in [0.4, 0.5) is 5.82 Å². The number of aliphatic hydroxyl groups is 2. The van der Waals surface area contributed by atoms with Gasteiger partial charge in [-0.2, -0.15) is 5.10 Å². The zero-order valence-corrected chi connectivity index (χ0v) is 14.3. The molecule has 2 aliphatic heterocycles. The zero-order valence-electron chi connectivity index (χ0n) is 14.3. The van der Waals surface area contributed by atoms with E-state index in [0.29, 0.717) is 49.9 Å². The summed E-state index contributed by atoms with van der Waals surface area (Å²) < 4.78 is 13.1. The Hall–Kier alpha value is -1.82. The monoisotopic (exact) mass is 364 g/mol. The highest BCUT2D eigenvalue weighted by molar-refractivity contribution is 5.65. The molecule has 0 spiro atoms. The highest BCUT2D eigenvalue weighted by Crippen LogP contribution is 2.35. The molecule has 0 aliphatic carbocycles. The zero-order chi connectivity index (χ0) is 18.3. The van der Waals surface area contributed by atoms with Crippen molar-refractivity contribution < 1.29 is 19.7 Å². The third-order valence-electron chi connectivity index (χ3n) is 5.20. The van der Waals surface area contributed by atoms with Crippen LogP contribution in [0.25, 0.3) is 5.52 Å². The van der Waals surface area contributed by atoms with Gasteiger partial charge >= 0.3 is 0 Å². The van der Waals surface area contributed by atoms with Gasteiger partial charge in [-0.25, -0.2) is 9.50 Å². The van der Waals surface area contributed by atoms with Gasteiger partial charge in [-0.05, 0) is 12.1 Å². The first-order valence-electron chi connectivity index (χ1n) is 8.71. The van der Waals surface area contributed by atoms with Gasteiger partial charge in [-0.3, -0.25) is 4.90 Å². The molecule has 5 atom stereocenters. The van der Waals surface area contributed by atoms with Crippen molar-refractivity contribution in [1.29, 1.82) is 0 Å². The fourth-order valence-electron chi connectivity index (χ4n) is 3.71. The van der Waals surface area contributed by atoms with E-state index in [-0.39, 0.29) is 6.04 Å². The van der Waals surface area contributed by atoms with E-state index >= 15 is 0 Å². The summed E-state index contributed by atoms with van der Waals surface area (Å²) in [4.78, 5) is 6.10. The minimum absolute atomic E-state index is 0.0809. The van der Waals surface area contributed by atoms with Crippen LogP contribution in [0.3, 0.4) is 0 Å². The lowest BCUT2D eigenvalue weighted by Crippen LogP contribution is -2.53. The minimum atomic E-state index is -1.06. The highest BCUT2D eigenvalue weighted by atomic mass is 16.5. The Bertz CT molecular complexity index is 770. The first-order chi connectivity index (χ1) is 12.6. The normalized spacial score (nSPS) is 33.1. The van der Waals surface area contributed by atoms with Crippen LogP contribution in [0.2, 0.25) is 0 Å². The van der Waals surface area contributed by atoms with Crippen molar-refractivity contribution >= 4 is 11.3 Å². The van der Waals surface area contributed by atoms with E-state index in [2.05, 4.69) is 15.0 Å². The Morgan fingerprint density at radius 1 is 1.27 bits per heavy atom. The van der Waals surface area contributed by atoms with E-state index in [0.717, 1.165) is 0 Å². The van der Waals surface area contributed by atoms with Gasteiger partial charge in [-0.15, -0.1) is 0 Å². The quantitative estimate of drug-likeness (QED) is 0.490. The minimum Gasteiger partial charge on any atom is -0.388 e. The summed E-state index contributed by atoms with van der Waals surface area (Å²) in [6.45, 7) is 2.83. The van der Waals surface area contributed by atoms with E-state index in [9.17, 15) is 10.2 Å². The van der Waals surface area contributed by atoms with Crippen molar-refractivity contribution in [2.24, 2.45) is 5.73 Å². The van der Waals surface area contributed by atoms with Gasteiger partial charge in [-0.1, -0.05) is 0 Å². The predicted molar refractivity (Wildman–Crippen MR) is 92.3 cm³/mol. The average Bonchev–Trinajstić information content (AvgIpc) is 3.20. The molecule has 10 heteroatoms. The number of anilines is 1. The van der Waals surface area contributed by atoms with Gasteiger partial charge in [0.2, 0.25) is 0 Å². The van der Waals surface area contributed by atoms with Crippen LogP contribution in [0, 0.1) is 0 Å². The number of rotatable bonds is 4. The number of nitrogens with zero attached hydrogens (tertiary/aromatic N) is 4. The molecule has 0 saturated carbocycles. The number of morpholine rings is 1. The summed E-state index contributed by atoms with van der Waals surface area (Å²) in [7, 11) is 0. The second-order valence-corrected chi connectivity index (χ2v) is 6.74. The molecule has 10 nitrogen and oxygen atoms in total. The summed E-state index contributed by atoms with van der Waals surface area (Å²) in [5, 5.41) is 25.2. The van der Waals surface area contributed by atoms with Gasteiger partial charge < -0.3 is 31.2 Å². The first kappa shape index (κ1) is 17.6. The number of nitrogen functional groups attached to an aromatic ring is 1. The van der Waals surface area contributed by atoms with Crippen LogP contribution in [-0.2, 0) is 9.47 Å². The third kappa shape index (κ3) is 2.94. The van der Waals surface area contributed by atoms with E-state index in [1.807, 2.05) is 0 Å². The molecule has 2 aromatic rings. The third-order valence-corrected chi connectivity index (χ3v) is 5.20. The SMILES string of the molecule is NC[C@@H]1COCCN1CC1O[C@@H](c2ccc3c(N)ncnn23)[C@H](O)[C@@H]1O. The smallest absolute Gasteiger partial charge is 0.151 e. The molecule has 6 N–H and O–H groups in total. The lowest BCUT2D eigenvalue weighted by atomic mass is 10.0. The molecule has 1 unspecified atom stereocenters. The molecule has 2 aliphatic rings. The van der Waals surface area contributed by atoms with Crippen molar-refractivity contribution in [2.45, 2.75) is 30.5 Å². The maximum atomic E-state index is 10.6. The van der Waals surface area contributed by atoms with Crippen molar-refractivity contribution in [3.63, 3.8) is 0 Å². The van der Waals surface area contributed by atoms with E-state index in [1.54, 1.807) is 16.6 Å². The van der Waals surface area contributed by atoms with Gasteiger partial charge in [0.1, 0.15) is 30.2 Å². The van der Waals surface area contributed by atoms with Gasteiger partial charge in [0, 0.05) is 25.7 Å². The Balaban J connectivity index is 1.55. The molecule has 26 heavy (non-hydrogen) atoms. The summed E-state index contributed by atoms with van der Waals surface area (Å²) in [6, 6.07) is 3.63. The maximum absolute atomic E-state index is 10.6. The van der Waals surface area contributed by atoms with Crippen LogP contribution in [0.5, 0.6) is 0 Å². The van der Waals surface area contributed by atoms with Gasteiger partial charge in [0.05, 0.1) is 25.0 Å². The van der Waals surface area contributed by atoms with Crippen molar-refractivity contribution in [1.82, 2.24) is 19.5 Å². The average molecular weight is 364 g/mol. The van der Waals surface area contributed by atoms with Crippen molar-refractivity contribution in [3.8, 4) is 0 Å². The molecule has 4 heterocycles. The summed E-state index contributed by atoms with van der Waals surface area (Å²) >= 11 is 0. The molecular weight excluding hydrogens is 340 g/mol. The molecule has 2 aromatic heterocycles. The van der Waals surface area contributed by atoms with Crippen LogP contribution >= 0.6 is 0 Å². The Morgan fingerprint density at radius 2 is 2.12 bits per heavy atom. The number of aromatic nitrogens is 3. The molecule has 2 fully saturated rings. The van der Waals surface area contributed by atoms with Gasteiger partial charge in [0.25, 0.3) is 0 Å². The maximum Gasteiger partial charge on any atom is 0.151 e. The molecule has 0 aromatic carbocycles. The number of hydrogen-bond donors (Lipinski definition) is 4. The van der Waals surface area contributed by atoms with Crippen LogP contribution in [0.15, 0.2) is 18.5 Å². The molecule has 4 rings (SSSR count). The first-order valence-corrected chi connectivity index (χ1v) is 8.71. The highest BCUT2D eigenvalue weighted by Gasteiger charge is 2.45. The molecule has 2 saturated heterocycles. The molecule has 142 valence electrons. The Morgan fingerprint density at radius 3 is 2.92 bits per heavy atom. The predicted octanol–water partition coefficient (Wildman–Crippen LogP) is -1.87. The van der Waals surface area contributed by atoms with E-state index in [4.69, 9.17) is 20.9 Å². The number of nitrogens with two attached hydrogens (primary N) is 2. The van der Waals surface area contributed by atoms with E-state index < -0.39 is 24.4 Å². The lowest BCUT2D eigenvalue weighted by molar-refractivity contribution is -0.0557. The number of hydrogen-bond acceptors (Lipinski definition) is 9. The Kier molecular flexibility index (Phi) is 4.78. The Labute approximate surface area is 150 Å². The number of aliphatic hydroxyl groups excluding tert-OH is 2. The summed E-state index contributed by atoms with van der Waals surface area (Å²) in [5.41, 5.74) is 12.9. The number of fused-ring (bicyclic) bond motifs is 1. The summed E-state index contributed by atoms with van der Waals surface area (Å²) in [6.07, 6.45) is -1.96. The topological polar surface area (TPSA) is 144 Å². The molecule has 0 amide bonds. The standard InChI is InChI=1S/C16H24N6O4/c17-5-9-7-25-4-3-21(9)6-12-13(23)14(24)15(26-12)10-1-2-11-16(18)19-8-20-22(10)11/h1-2,8-9,12-15,23-24H,3-7,17H2,(H2,18,19,20)/t9-,12?,13-,14-,15+/m1/s1. The lowest BCUT2D eigenvalue weighted by Gasteiger charge is -2.36. The fraction of sp³-hybridized carbons (Fsp3) is 0.625. The largest absolute Gasteiger partial charge is 0.388 e. The molecule has 0 radical (unpaired) electrons. The fourth-order valence-corrected chi connectivity index (χ4v) is 3.71.